The minimum atomic E-state index is -0.0362. The van der Waals surface area contributed by atoms with Crippen LogP contribution in [-0.4, -0.2) is 10.7 Å². The van der Waals surface area contributed by atoms with Crippen LogP contribution in [0, 0.1) is 0 Å². The van der Waals surface area contributed by atoms with Crippen LogP contribution >= 0.6 is 28.1 Å². The van der Waals surface area contributed by atoms with Gasteiger partial charge in [-0.15, -0.1) is 0 Å². The summed E-state index contributed by atoms with van der Waals surface area (Å²) in [5.41, 5.74) is 6.87. The summed E-state index contributed by atoms with van der Waals surface area (Å²) in [5, 5.41) is 3.73. The van der Waals surface area contributed by atoms with Crippen molar-refractivity contribution in [2.45, 2.75) is 26.3 Å². The number of halogens is 1. The van der Waals surface area contributed by atoms with E-state index in [1.807, 2.05) is 24.3 Å². The second-order valence-corrected chi connectivity index (χ2v) is 5.78. The molecule has 0 spiro atoms. The van der Waals surface area contributed by atoms with Crippen molar-refractivity contribution in [3.63, 3.8) is 0 Å². The number of hydrogen-bond acceptors (Lipinski definition) is 2. The van der Waals surface area contributed by atoms with E-state index >= 15 is 0 Å². The normalized spacial score (nSPS) is 10.8. The predicted octanol–water partition coefficient (Wildman–Crippen LogP) is 3.04. The molecule has 5 heteroatoms. The Morgan fingerprint density at radius 1 is 1.19 bits per heavy atom. The van der Waals surface area contributed by atoms with Gasteiger partial charge in [-0.3, -0.25) is 10.9 Å². The Hall–Kier alpha value is -0.810. The molecule has 0 amide bonds. The molecule has 0 fully saturated rings. The third-order valence-electron chi connectivity index (χ3n) is 1.65. The Kier molecular flexibility index (Phi) is 4.56. The van der Waals surface area contributed by atoms with Gasteiger partial charge >= 0.3 is 0 Å². The van der Waals surface area contributed by atoms with E-state index in [4.69, 9.17) is 12.2 Å². The lowest BCUT2D eigenvalue weighted by atomic mass is 10.1. The van der Waals surface area contributed by atoms with Gasteiger partial charge in [0.15, 0.2) is 5.11 Å². The number of hydrazine groups is 1. The van der Waals surface area contributed by atoms with E-state index in [2.05, 4.69) is 52.9 Å². The van der Waals surface area contributed by atoms with Gasteiger partial charge < -0.3 is 5.32 Å². The van der Waals surface area contributed by atoms with Crippen molar-refractivity contribution in [1.29, 1.82) is 0 Å². The highest BCUT2D eigenvalue weighted by atomic mass is 79.9. The zero-order valence-corrected chi connectivity index (χ0v) is 12.0. The number of thiocarbonyl (C=S) groups is 1. The highest BCUT2D eigenvalue weighted by molar-refractivity contribution is 9.10. The zero-order chi connectivity index (χ0) is 12.2. The number of hydrogen-bond donors (Lipinski definition) is 3. The van der Waals surface area contributed by atoms with Crippen molar-refractivity contribution in [2.75, 3.05) is 5.43 Å². The van der Waals surface area contributed by atoms with Crippen LogP contribution in [0.3, 0.4) is 0 Å². The third-order valence-corrected chi connectivity index (χ3v) is 2.39. The van der Waals surface area contributed by atoms with Crippen molar-refractivity contribution >= 4 is 38.9 Å². The van der Waals surface area contributed by atoms with Crippen LogP contribution in [-0.2, 0) is 0 Å². The van der Waals surface area contributed by atoms with Crippen molar-refractivity contribution in [1.82, 2.24) is 10.7 Å². The molecule has 0 aliphatic rings. The molecule has 0 aromatic heterocycles. The Bertz CT molecular complexity index is 356. The van der Waals surface area contributed by atoms with Crippen molar-refractivity contribution in [2.24, 2.45) is 0 Å². The zero-order valence-electron chi connectivity index (χ0n) is 9.60. The Morgan fingerprint density at radius 3 is 2.25 bits per heavy atom. The van der Waals surface area contributed by atoms with E-state index in [-0.39, 0.29) is 5.54 Å². The highest BCUT2D eigenvalue weighted by Gasteiger charge is 2.10. The van der Waals surface area contributed by atoms with Gasteiger partial charge in [0.2, 0.25) is 0 Å². The van der Waals surface area contributed by atoms with Crippen molar-refractivity contribution < 1.29 is 0 Å². The van der Waals surface area contributed by atoms with Gasteiger partial charge in [0.05, 0.1) is 5.69 Å². The molecule has 3 N–H and O–H groups in total. The first-order valence-corrected chi connectivity index (χ1v) is 6.17. The molecule has 0 heterocycles. The van der Waals surface area contributed by atoms with E-state index < -0.39 is 0 Å². The van der Waals surface area contributed by atoms with Crippen LogP contribution < -0.4 is 16.2 Å². The summed E-state index contributed by atoms with van der Waals surface area (Å²) >= 11 is 8.51. The van der Waals surface area contributed by atoms with Crippen LogP contribution in [0.2, 0.25) is 0 Å². The molecule has 0 aliphatic carbocycles. The first kappa shape index (κ1) is 13.3. The van der Waals surface area contributed by atoms with E-state index in [0.717, 1.165) is 10.2 Å². The lowest BCUT2D eigenvalue weighted by Crippen LogP contribution is -2.47. The van der Waals surface area contributed by atoms with E-state index in [0.29, 0.717) is 5.11 Å². The first-order chi connectivity index (χ1) is 7.37. The molecule has 0 aliphatic heterocycles. The maximum absolute atomic E-state index is 5.13. The number of anilines is 1. The molecule has 16 heavy (non-hydrogen) atoms. The number of rotatable bonds is 2. The van der Waals surface area contributed by atoms with E-state index in [1.54, 1.807) is 0 Å². The number of benzene rings is 1. The fraction of sp³-hybridized carbons (Fsp3) is 0.364. The molecule has 0 radical (unpaired) electrons. The van der Waals surface area contributed by atoms with E-state index in [1.165, 1.54) is 0 Å². The average Bonchev–Trinajstić information content (AvgIpc) is 2.14. The Balaban J connectivity index is 2.40. The summed E-state index contributed by atoms with van der Waals surface area (Å²) in [4.78, 5) is 0. The monoisotopic (exact) mass is 301 g/mol. The average molecular weight is 302 g/mol. The molecule has 0 saturated carbocycles. The number of nitrogens with one attached hydrogen (secondary N) is 3. The van der Waals surface area contributed by atoms with Gasteiger partial charge in [-0.1, -0.05) is 15.9 Å². The highest BCUT2D eigenvalue weighted by Crippen LogP contribution is 2.13. The summed E-state index contributed by atoms with van der Waals surface area (Å²) in [6.07, 6.45) is 0. The molecule has 0 bridgehead atoms. The molecule has 3 nitrogen and oxygen atoms in total. The van der Waals surface area contributed by atoms with Crippen molar-refractivity contribution in [3.05, 3.63) is 28.7 Å². The lowest BCUT2D eigenvalue weighted by molar-refractivity contribution is 0.509. The molecule has 1 rings (SSSR count). The summed E-state index contributed by atoms with van der Waals surface area (Å²) in [6.45, 7) is 6.17. The van der Waals surface area contributed by atoms with Gasteiger partial charge in [0.25, 0.3) is 0 Å². The second kappa shape index (κ2) is 5.50. The molecular formula is C11H16BrN3S. The largest absolute Gasteiger partial charge is 0.357 e. The lowest BCUT2D eigenvalue weighted by Gasteiger charge is -2.23. The molecular weight excluding hydrogens is 286 g/mol. The van der Waals surface area contributed by atoms with Crippen LogP contribution in [0.4, 0.5) is 5.69 Å². The molecule has 88 valence electrons. The van der Waals surface area contributed by atoms with Crippen LogP contribution in [0.15, 0.2) is 28.7 Å². The van der Waals surface area contributed by atoms with Gasteiger partial charge in [-0.25, -0.2) is 0 Å². The summed E-state index contributed by atoms with van der Waals surface area (Å²) in [5.74, 6) is 0. The smallest absolute Gasteiger partial charge is 0.185 e. The maximum atomic E-state index is 5.13. The fourth-order valence-electron chi connectivity index (χ4n) is 1.03. The maximum Gasteiger partial charge on any atom is 0.185 e. The Labute approximate surface area is 110 Å². The fourth-order valence-corrected chi connectivity index (χ4v) is 1.66. The summed E-state index contributed by atoms with van der Waals surface area (Å²) in [7, 11) is 0. The molecule has 0 saturated heterocycles. The van der Waals surface area contributed by atoms with Crippen LogP contribution in [0.5, 0.6) is 0 Å². The quantitative estimate of drug-likeness (QED) is 0.580. The minimum absolute atomic E-state index is 0.0362. The van der Waals surface area contributed by atoms with E-state index in [9.17, 15) is 0 Å². The van der Waals surface area contributed by atoms with Crippen molar-refractivity contribution in [3.8, 4) is 0 Å². The summed E-state index contributed by atoms with van der Waals surface area (Å²) in [6, 6.07) is 7.84. The van der Waals surface area contributed by atoms with Gasteiger partial charge in [0.1, 0.15) is 0 Å². The second-order valence-electron chi connectivity index (χ2n) is 4.46. The van der Waals surface area contributed by atoms with Crippen LogP contribution in [0.25, 0.3) is 0 Å². The first-order valence-electron chi connectivity index (χ1n) is 4.96. The van der Waals surface area contributed by atoms with Gasteiger partial charge in [-0.2, -0.15) is 0 Å². The minimum Gasteiger partial charge on any atom is -0.357 e. The molecule has 0 atom stereocenters. The molecule has 0 unspecified atom stereocenters. The third kappa shape index (κ3) is 5.32. The van der Waals surface area contributed by atoms with Gasteiger partial charge in [-0.05, 0) is 57.3 Å². The van der Waals surface area contributed by atoms with Crippen LogP contribution in [0.1, 0.15) is 20.8 Å². The Morgan fingerprint density at radius 2 is 1.75 bits per heavy atom. The molecule has 1 aromatic rings. The topological polar surface area (TPSA) is 36.1 Å². The standard InChI is InChI=1S/C11H16BrN3S/c1-11(2,3)13-10(16)15-14-9-6-4-8(12)5-7-9/h4-7,14H,1-3H3,(H2,13,15,16). The SMILES string of the molecule is CC(C)(C)NC(=S)NNc1ccc(Br)cc1. The summed E-state index contributed by atoms with van der Waals surface area (Å²) < 4.78 is 1.05. The predicted molar refractivity (Wildman–Crippen MR) is 76.4 cm³/mol. The molecule has 1 aromatic carbocycles. The van der Waals surface area contributed by atoms with Gasteiger partial charge in [0, 0.05) is 10.0 Å².